The van der Waals surface area contributed by atoms with Crippen molar-refractivity contribution >= 4 is 17.7 Å². The van der Waals surface area contributed by atoms with Crippen molar-refractivity contribution < 1.29 is 19.1 Å². The van der Waals surface area contributed by atoms with E-state index in [1.54, 1.807) is 39.4 Å². The Morgan fingerprint density at radius 2 is 1.74 bits per heavy atom. The fourth-order valence-corrected chi connectivity index (χ4v) is 3.31. The van der Waals surface area contributed by atoms with Crippen LogP contribution in [0, 0.1) is 13.8 Å². The van der Waals surface area contributed by atoms with Gasteiger partial charge in [0.2, 0.25) is 5.91 Å². The Morgan fingerprint density at radius 3 is 2.30 bits per heavy atom. The molecular formula is C21H34N2O4. The van der Waals surface area contributed by atoms with Crippen LogP contribution in [0.1, 0.15) is 85.0 Å². The zero-order valence-electron chi connectivity index (χ0n) is 17.8. The van der Waals surface area contributed by atoms with Crippen molar-refractivity contribution in [2.75, 3.05) is 13.7 Å². The number of unbranched alkanes of at least 4 members (excludes halogenated alkanes) is 3. The summed E-state index contributed by atoms with van der Waals surface area (Å²) in [7, 11) is 3.42. The molecule has 1 unspecified atom stereocenters. The zero-order valence-corrected chi connectivity index (χ0v) is 17.8. The molecule has 6 heteroatoms. The second-order valence-electron chi connectivity index (χ2n) is 7.07. The first-order chi connectivity index (χ1) is 12.7. The molecule has 0 radical (unpaired) electrons. The van der Waals surface area contributed by atoms with Gasteiger partial charge in [-0.05, 0) is 39.7 Å². The van der Waals surface area contributed by atoms with E-state index in [0.717, 1.165) is 25.7 Å². The standard InChI is InChI=1S/C21H34N2O4/c1-8-10-11-12-13-17(24)22(6)16(5)20(25)18-14(3)19(21(26)27-9-2)23(7)15(18)4/h16H,8-13H2,1-7H3. The van der Waals surface area contributed by atoms with E-state index in [1.807, 2.05) is 6.92 Å². The van der Waals surface area contributed by atoms with E-state index < -0.39 is 12.0 Å². The van der Waals surface area contributed by atoms with Crippen LogP contribution in [0.3, 0.4) is 0 Å². The van der Waals surface area contributed by atoms with Crippen molar-refractivity contribution in [3.05, 3.63) is 22.5 Å². The Labute approximate surface area is 162 Å². The third-order valence-electron chi connectivity index (χ3n) is 5.24. The van der Waals surface area contributed by atoms with Gasteiger partial charge < -0.3 is 14.2 Å². The molecular weight excluding hydrogens is 344 g/mol. The van der Waals surface area contributed by atoms with Gasteiger partial charge in [-0.25, -0.2) is 4.79 Å². The highest BCUT2D eigenvalue weighted by Gasteiger charge is 2.30. The molecule has 1 rings (SSSR count). The highest BCUT2D eigenvalue weighted by Crippen LogP contribution is 2.24. The first-order valence-electron chi connectivity index (χ1n) is 9.81. The Balaban J connectivity index is 2.99. The van der Waals surface area contributed by atoms with Crippen molar-refractivity contribution in [2.24, 2.45) is 7.05 Å². The third-order valence-corrected chi connectivity index (χ3v) is 5.24. The number of ketones is 1. The van der Waals surface area contributed by atoms with E-state index in [9.17, 15) is 14.4 Å². The molecule has 0 saturated heterocycles. The molecule has 6 nitrogen and oxygen atoms in total. The van der Waals surface area contributed by atoms with Gasteiger partial charge in [0.15, 0.2) is 5.78 Å². The molecule has 0 aliphatic carbocycles. The number of carbonyl (C=O) groups excluding carboxylic acids is 3. The molecule has 1 aromatic rings. The predicted octanol–water partition coefficient (Wildman–Crippen LogP) is 3.82. The highest BCUT2D eigenvalue weighted by molar-refractivity contribution is 6.06. The summed E-state index contributed by atoms with van der Waals surface area (Å²) >= 11 is 0. The number of aromatic nitrogens is 1. The molecule has 0 bridgehead atoms. The lowest BCUT2D eigenvalue weighted by atomic mass is 10.00. The number of esters is 1. The molecule has 1 heterocycles. The third kappa shape index (κ3) is 5.21. The van der Waals surface area contributed by atoms with E-state index in [-0.39, 0.29) is 18.3 Å². The summed E-state index contributed by atoms with van der Waals surface area (Å²) in [5.74, 6) is -0.614. The lowest BCUT2D eigenvalue weighted by Gasteiger charge is -2.24. The van der Waals surface area contributed by atoms with E-state index in [4.69, 9.17) is 4.74 Å². The van der Waals surface area contributed by atoms with Gasteiger partial charge in [-0.3, -0.25) is 9.59 Å². The first-order valence-corrected chi connectivity index (χ1v) is 9.81. The van der Waals surface area contributed by atoms with Crippen LogP contribution in [-0.2, 0) is 16.6 Å². The first kappa shape index (κ1) is 22.9. The summed E-state index contributed by atoms with van der Waals surface area (Å²) in [6.45, 7) is 9.45. The topological polar surface area (TPSA) is 68.6 Å². The van der Waals surface area contributed by atoms with Crippen molar-refractivity contribution in [1.29, 1.82) is 0 Å². The van der Waals surface area contributed by atoms with Crippen LogP contribution in [0.4, 0.5) is 0 Å². The highest BCUT2D eigenvalue weighted by atomic mass is 16.5. The molecule has 152 valence electrons. The second kappa shape index (κ2) is 10.3. The average molecular weight is 379 g/mol. The molecule has 1 atom stereocenters. The lowest BCUT2D eigenvalue weighted by molar-refractivity contribution is -0.131. The molecule has 1 amide bonds. The van der Waals surface area contributed by atoms with Crippen LogP contribution in [0.2, 0.25) is 0 Å². The van der Waals surface area contributed by atoms with Crippen LogP contribution in [0.15, 0.2) is 0 Å². The maximum atomic E-state index is 13.1. The van der Waals surface area contributed by atoms with Crippen LogP contribution >= 0.6 is 0 Å². The Bertz CT molecular complexity index is 691. The van der Waals surface area contributed by atoms with Gasteiger partial charge >= 0.3 is 5.97 Å². The summed E-state index contributed by atoms with van der Waals surface area (Å²) in [5, 5.41) is 0. The normalized spacial score (nSPS) is 12.0. The van der Waals surface area contributed by atoms with Gasteiger partial charge in [0.05, 0.1) is 12.6 Å². The number of hydrogen-bond acceptors (Lipinski definition) is 4. The van der Waals surface area contributed by atoms with E-state index in [0.29, 0.717) is 28.9 Å². The number of rotatable bonds is 10. The number of amides is 1. The molecule has 1 aromatic heterocycles. The summed E-state index contributed by atoms with van der Waals surface area (Å²) in [4.78, 5) is 39.3. The summed E-state index contributed by atoms with van der Waals surface area (Å²) in [6, 6.07) is -0.585. The average Bonchev–Trinajstić information content (AvgIpc) is 2.85. The van der Waals surface area contributed by atoms with Crippen molar-refractivity contribution in [1.82, 2.24) is 9.47 Å². The zero-order chi connectivity index (χ0) is 20.7. The molecule has 27 heavy (non-hydrogen) atoms. The summed E-state index contributed by atoms with van der Waals surface area (Å²) in [5.41, 5.74) is 2.20. The molecule has 0 aliphatic rings. The molecule has 0 spiro atoms. The molecule has 0 aromatic carbocycles. The number of ether oxygens (including phenoxy) is 1. The number of nitrogens with zero attached hydrogens (tertiary/aromatic N) is 2. The van der Waals surface area contributed by atoms with Gasteiger partial charge in [0.1, 0.15) is 5.69 Å². The van der Waals surface area contributed by atoms with Crippen molar-refractivity contribution in [3.63, 3.8) is 0 Å². The van der Waals surface area contributed by atoms with Crippen molar-refractivity contribution in [3.8, 4) is 0 Å². The largest absolute Gasteiger partial charge is 0.461 e. The number of Topliss-reactive ketones (excluding diaryl/α,β-unsaturated/α-hetero) is 1. The van der Waals surface area contributed by atoms with E-state index in [2.05, 4.69) is 6.92 Å². The van der Waals surface area contributed by atoms with Gasteiger partial charge in [-0.2, -0.15) is 0 Å². The smallest absolute Gasteiger partial charge is 0.355 e. The minimum atomic E-state index is -0.585. The Morgan fingerprint density at radius 1 is 1.11 bits per heavy atom. The SMILES string of the molecule is CCCCCCC(=O)N(C)C(C)C(=O)c1c(C)c(C(=O)OCC)n(C)c1C. The molecule has 0 saturated carbocycles. The maximum absolute atomic E-state index is 13.1. The van der Waals surface area contributed by atoms with E-state index in [1.165, 1.54) is 4.90 Å². The number of hydrogen-bond donors (Lipinski definition) is 0. The monoisotopic (exact) mass is 378 g/mol. The number of carbonyl (C=O) groups is 3. The number of likely N-dealkylation sites (N-methyl/N-ethyl adjacent to an activating group) is 1. The predicted molar refractivity (Wildman–Crippen MR) is 106 cm³/mol. The van der Waals surface area contributed by atoms with Crippen LogP contribution in [0.5, 0.6) is 0 Å². The summed E-state index contributed by atoms with van der Waals surface area (Å²) < 4.78 is 6.81. The molecule has 0 N–H and O–H groups in total. The minimum absolute atomic E-state index is 0.0243. The van der Waals surface area contributed by atoms with Crippen LogP contribution < -0.4 is 0 Å². The molecule has 0 aliphatic heterocycles. The Kier molecular flexibility index (Phi) is 8.73. The fourth-order valence-electron chi connectivity index (χ4n) is 3.31. The fraction of sp³-hybridized carbons (Fsp3) is 0.667. The van der Waals surface area contributed by atoms with Crippen molar-refractivity contribution in [2.45, 2.75) is 72.8 Å². The summed E-state index contributed by atoms with van der Waals surface area (Å²) in [6.07, 6.45) is 4.56. The maximum Gasteiger partial charge on any atom is 0.355 e. The minimum Gasteiger partial charge on any atom is -0.461 e. The van der Waals surface area contributed by atoms with Gasteiger partial charge in [0, 0.05) is 31.8 Å². The van der Waals surface area contributed by atoms with Gasteiger partial charge in [-0.15, -0.1) is 0 Å². The molecule has 0 fully saturated rings. The van der Waals surface area contributed by atoms with Gasteiger partial charge in [-0.1, -0.05) is 26.2 Å². The van der Waals surface area contributed by atoms with Crippen LogP contribution in [0.25, 0.3) is 0 Å². The second-order valence-corrected chi connectivity index (χ2v) is 7.07. The van der Waals surface area contributed by atoms with Gasteiger partial charge in [0.25, 0.3) is 0 Å². The van der Waals surface area contributed by atoms with Crippen LogP contribution in [-0.4, -0.2) is 46.8 Å². The lowest BCUT2D eigenvalue weighted by Crippen LogP contribution is -2.40. The Hall–Kier alpha value is -2.11. The van der Waals surface area contributed by atoms with E-state index >= 15 is 0 Å². The quantitative estimate of drug-likeness (QED) is 0.353.